The van der Waals surface area contributed by atoms with E-state index >= 15 is 0 Å². The number of amides is 3. The van der Waals surface area contributed by atoms with Gasteiger partial charge in [0.25, 0.3) is 11.5 Å². The lowest BCUT2D eigenvalue weighted by Crippen LogP contribution is -2.44. The predicted octanol–water partition coefficient (Wildman–Crippen LogP) is 2.57. The number of hydrogen-bond donors (Lipinski definition) is 3. The molecule has 0 saturated heterocycles. The van der Waals surface area contributed by atoms with Crippen LogP contribution < -0.4 is 16.2 Å². The minimum absolute atomic E-state index is 0.0697. The van der Waals surface area contributed by atoms with Crippen molar-refractivity contribution in [2.75, 3.05) is 19.0 Å². The van der Waals surface area contributed by atoms with E-state index in [2.05, 4.69) is 15.7 Å². The van der Waals surface area contributed by atoms with Crippen molar-refractivity contribution in [2.24, 2.45) is 0 Å². The number of urea groups is 1. The number of hydrogen-bond acceptors (Lipinski definition) is 5. The van der Waals surface area contributed by atoms with Gasteiger partial charge in [-0.15, -0.1) is 0 Å². The van der Waals surface area contributed by atoms with Crippen molar-refractivity contribution in [1.82, 2.24) is 20.0 Å². The molecule has 3 aromatic rings. The van der Waals surface area contributed by atoms with Crippen molar-refractivity contribution < 1.29 is 19.1 Å². The molecule has 1 aliphatic heterocycles. The minimum Gasteiger partial charge on any atom is -0.394 e. The summed E-state index contributed by atoms with van der Waals surface area (Å²) in [7, 11) is 1.53. The lowest BCUT2D eigenvalue weighted by atomic mass is 9.97. The molecule has 3 N–H and O–H groups in total. The summed E-state index contributed by atoms with van der Waals surface area (Å²) in [5.41, 5.74) is 2.99. The van der Waals surface area contributed by atoms with E-state index < -0.39 is 23.8 Å². The van der Waals surface area contributed by atoms with E-state index in [1.165, 1.54) is 53.2 Å². The van der Waals surface area contributed by atoms with Crippen LogP contribution in [0.2, 0.25) is 0 Å². The average molecular weight is 477 g/mol. The second-order valence-corrected chi connectivity index (χ2v) is 8.12. The summed E-state index contributed by atoms with van der Waals surface area (Å²) in [5.74, 6) is -0.862. The second kappa shape index (κ2) is 9.90. The number of aliphatic hydroxyl groups is 1. The zero-order chi connectivity index (χ0) is 25.1. The quantitative estimate of drug-likeness (QED) is 0.505. The maximum Gasteiger partial charge on any atom is 0.321 e. The molecule has 0 saturated carbocycles. The smallest absolute Gasteiger partial charge is 0.321 e. The third kappa shape index (κ3) is 5.12. The number of carbonyl (C=O) groups excluding carboxylic acids is 2. The molecule has 3 amide bonds. The van der Waals surface area contributed by atoms with E-state index in [-0.39, 0.29) is 24.3 Å². The Labute approximate surface area is 200 Å². The highest BCUT2D eigenvalue weighted by molar-refractivity contribution is 6.06. The minimum atomic E-state index is -0.758. The molecule has 0 aliphatic carbocycles. The van der Waals surface area contributed by atoms with Crippen LogP contribution in [0.4, 0.5) is 14.9 Å². The van der Waals surface area contributed by atoms with Gasteiger partial charge in [-0.1, -0.05) is 24.3 Å². The fourth-order valence-electron chi connectivity index (χ4n) is 3.72. The molecule has 0 radical (unpaired) electrons. The maximum atomic E-state index is 13.4. The Kier molecular flexibility index (Phi) is 6.74. The van der Waals surface area contributed by atoms with Gasteiger partial charge in [0.2, 0.25) is 0 Å². The van der Waals surface area contributed by atoms with E-state index in [1.807, 2.05) is 19.1 Å². The van der Waals surface area contributed by atoms with E-state index in [9.17, 15) is 18.8 Å². The number of carbonyl (C=O) groups is 2. The maximum absolute atomic E-state index is 13.4. The fraction of sp³-hybridized carbons (Fsp3) is 0.200. The van der Waals surface area contributed by atoms with Gasteiger partial charge in [0.1, 0.15) is 5.82 Å². The Morgan fingerprint density at radius 1 is 1.14 bits per heavy atom. The summed E-state index contributed by atoms with van der Waals surface area (Å²) in [6, 6.07) is 12.7. The van der Waals surface area contributed by atoms with E-state index in [4.69, 9.17) is 5.11 Å². The Bertz CT molecular complexity index is 1370. The zero-order valence-corrected chi connectivity index (χ0v) is 19.2. The number of anilines is 1. The summed E-state index contributed by atoms with van der Waals surface area (Å²) in [5, 5.41) is 19.1. The van der Waals surface area contributed by atoms with Crippen molar-refractivity contribution in [1.29, 1.82) is 0 Å². The van der Waals surface area contributed by atoms with Gasteiger partial charge in [-0.25, -0.2) is 13.9 Å². The molecule has 1 aromatic heterocycles. The van der Waals surface area contributed by atoms with E-state index in [0.717, 1.165) is 5.56 Å². The first-order chi connectivity index (χ1) is 16.8. The van der Waals surface area contributed by atoms with Crippen LogP contribution >= 0.6 is 0 Å². The summed E-state index contributed by atoms with van der Waals surface area (Å²) in [4.78, 5) is 38.8. The normalized spacial score (nSPS) is 15.4. The van der Waals surface area contributed by atoms with Gasteiger partial charge in [0, 0.05) is 30.6 Å². The van der Waals surface area contributed by atoms with Gasteiger partial charge in [-0.2, -0.15) is 5.10 Å². The fourth-order valence-corrected chi connectivity index (χ4v) is 3.72. The summed E-state index contributed by atoms with van der Waals surface area (Å²) >= 11 is 0. The monoisotopic (exact) mass is 477 g/mol. The number of nitrogens with zero attached hydrogens (tertiary/aromatic N) is 3. The molecule has 4 rings (SSSR count). The van der Waals surface area contributed by atoms with Gasteiger partial charge < -0.3 is 20.6 Å². The molecule has 0 bridgehead atoms. The largest absolute Gasteiger partial charge is 0.394 e. The Hall–Kier alpha value is -4.31. The van der Waals surface area contributed by atoms with Gasteiger partial charge in [0.05, 0.1) is 30.5 Å². The van der Waals surface area contributed by atoms with Crippen molar-refractivity contribution in [3.63, 3.8) is 0 Å². The summed E-state index contributed by atoms with van der Waals surface area (Å²) in [6.45, 7) is 1.68. The molecule has 0 fully saturated rings. The molecule has 2 aromatic carbocycles. The van der Waals surface area contributed by atoms with Crippen LogP contribution in [-0.4, -0.2) is 45.4 Å². The highest BCUT2D eigenvalue weighted by Crippen LogP contribution is 2.29. The lowest BCUT2D eigenvalue weighted by Gasteiger charge is -2.30. The lowest BCUT2D eigenvalue weighted by molar-refractivity contribution is -0.113. The highest BCUT2D eigenvalue weighted by atomic mass is 19.1. The molecule has 0 spiro atoms. The van der Waals surface area contributed by atoms with Crippen LogP contribution in [0.25, 0.3) is 11.3 Å². The number of nitrogens with one attached hydrogen (secondary N) is 2. The number of rotatable bonds is 6. The van der Waals surface area contributed by atoms with Crippen molar-refractivity contribution in [2.45, 2.75) is 19.5 Å². The molecule has 1 unspecified atom stereocenters. The number of benzene rings is 2. The number of aliphatic hydroxyl groups excluding tert-OH is 1. The summed E-state index contributed by atoms with van der Waals surface area (Å²) < 4.78 is 14.6. The van der Waals surface area contributed by atoms with Gasteiger partial charge in [0.15, 0.2) is 0 Å². The molecule has 1 aliphatic rings. The number of halogens is 1. The topological polar surface area (TPSA) is 117 Å². The van der Waals surface area contributed by atoms with Crippen LogP contribution in [0.3, 0.4) is 0 Å². The third-order valence-electron chi connectivity index (χ3n) is 5.66. The summed E-state index contributed by atoms with van der Waals surface area (Å²) in [6.07, 6.45) is 1.45. The second-order valence-electron chi connectivity index (χ2n) is 8.12. The standard InChI is InChI=1S/C25H24FN5O4/c1-15-3-4-17(20-9-10-22(33)31(29-20)11-12-32)13-21(15)27-24(34)19-14-30(2)25(35)28-23(19)16-5-7-18(26)8-6-16/h3-10,13-14,23,32H,11-12H2,1-2H3,(H,27,34)(H,28,35). The molecule has 1 atom stereocenters. The first kappa shape index (κ1) is 23.8. The van der Waals surface area contributed by atoms with E-state index in [1.54, 1.807) is 12.1 Å². The SMILES string of the molecule is Cc1ccc(-c2ccc(=O)n(CCO)n2)cc1NC(=O)C1=CN(C)C(=O)NC1c1ccc(F)cc1. The van der Waals surface area contributed by atoms with Crippen molar-refractivity contribution in [3.8, 4) is 11.3 Å². The molecular weight excluding hydrogens is 453 g/mol. The molecule has 35 heavy (non-hydrogen) atoms. The predicted molar refractivity (Wildman–Crippen MR) is 128 cm³/mol. The van der Waals surface area contributed by atoms with Gasteiger partial charge in [-0.05, 0) is 42.3 Å². The molecule has 180 valence electrons. The van der Waals surface area contributed by atoms with E-state index in [0.29, 0.717) is 22.5 Å². The van der Waals surface area contributed by atoms with Gasteiger partial charge in [-0.3, -0.25) is 9.59 Å². The average Bonchev–Trinajstić information content (AvgIpc) is 2.84. The first-order valence-electron chi connectivity index (χ1n) is 10.9. The third-order valence-corrected chi connectivity index (χ3v) is 5.66. The number of aromatic nitrogens is 2. The molecule has 9 nitrogen and oxygen atoms in total. The van der Waals surface area contributed by atoms with Crippen molar-refractivity contribution in [3.05, 3.63) is 93.7 Å². The van der Waals surface area contributed by atoms with Crippen LogP contribution in [0, 0.1) is 12.7 Å². The molecule has 2 heterocycles. The van der Waals surface area contributed by atoms with Gasteiger partial charge >= 0.3 is 6.03 Å². The Morgan fingerprint density at radius 2 is 1.89 bits per heavy atom. The zero-order valence-electron chi connectivity index (χ0n) is 19.2. The Balaban J connectivity index is 1.65. The Morgan fingerprint density at radius 3 is 2.60 bits per heavy atom. The highest BCUT2D eigenvalue weighted by Gasteiger charge is 2.30. The molecular formula is C25H24FN5O4. The number of aryl methyl sites for hydroxylation is 1. The molecule has 10 heteroatoms. The van der Waals surface area contributed by atoms with Crippen LogP contribution in [0.15, 0.2) is 71.2 Å². The van der Waals surface area contributed by atoms with Crippen LogP contribution in [-0.2, 0) is 11.3 Å². The van der Waals surface area contributed by atoms with Crippen LogP contribution in [0.5, 0.6) is 0 Å². The van der Waals surface area contributed by atoms with Crippen molar-refractivity contribution >= 4 is 17.6 Å². The first-order valence-corrected chi connectivity index (χ1v) is 10.9. The van der Waals surface area contributed by atoms with Crippen LogP contribution in [0.1, 0.15) is 17.2 Å².